The van der Waals surface area contributed by atoms with Gasteiger partial charge in [-0.1, -0.05) is 19.4 Å². The van der Waals surface area contributed by atoms with E-state index in [0.29, 0.717) is 13.0 Å². The molecule has 1 saturated heterocycles. The number of anilines is 1. The van der Waals surface area contributed by atoms with Crippen molar-refractivity contribution in [2.24, 2.45) is 5.73 Å². The highest BCUT2D eigenvalue weighted by atomic mass is 16.2. The molecule has 1 atom stereocenters. The standard InChI is InChI=1S/C16H27N5O/c1-3-5-14(17)16(22)19-12-13-6-4-7-18-15(13)21-10-8-20(2)9-11-21/h4,6-7,14H,3,5,8-12,17H2,1-2H3,(H,19,22). The Morgan fingerprint density at radius 3 is 2.82 bits per heavy atom. The highest BCUT2D eigenvalue weighted by molar-refractivity contribution is 5.81. The van der Waals surface area contributed by atoms with Gasteiger partial charge in [-0.25, -0.2) is 4.98 Å². The van der Waals surface area contributed by atoms with Gasteiger partial charge in [0.05, 0.1) is 6.04 Å². The summed E-state index contributed by atoms with van der Waals surface area (Å²) in [7, 11) is 2.13. The normalized spacial score (nSPS) is 17.3. The summed E-state index contributed by atoms with van der Waals surface area (Å²) < 4.78 is 0. The number of nitrogens with two attached hydrogens (primary N) is 1. The zero-order valence-corrected chi connectivity index (χ0v) is 13.6. The van der Waals surface area contributed by atoms with Gasteiger partial charge in [-0.3, -0.25) is 4.79 Å². The monoisotopic (exact) mass is 305 g/mol. The van der Waals surface area contributed by atoms with E-state index in [1.807, 2.05) is 25.3 Å². The number of hydrogen-bond donors (Lipinski definition) is 2. The summed E-state index contributed by atoms with van der Waals surface area (Å²) in [6, 6.07) is 3.51. The van der Waals surface area contributed by atoms with Crippen LogP contribution >= 0.6 is 0 Å². The molecule has 6 nitrogen and oxygen atoms in total. The average molecular weight is 305 g/mol. The fourth-order valence-electron chi connectivity index (χ4n) is 2.63. The molecular weight excluding hydrogens is 278 g/mol. The van der Waals surface area contributed by atoms with Crippen molar-refractivity contribution < 1.29 is 4.79 Å². The molecule has 122 valence electrons. The fraction of sp³-hybridized carbons (Fsp3) is 0.625. The molecule has 0 bridgehead atoms. The number of aromatic nitrogens is 1. The van der Waals surface area contributed by atoms with Crippen molar-refractivity contribution in [1.82, 2.24) is 15.2 Å². The van der Waals surface area contributed by atoms with E-state index in [0.717, 1.165) is 44.0 Å². The Balaban J connectivity index is 1.98. The number of carbonyl (C=O) groups is 1. The molecule has 0 aromatic carbocycles. The first-order valence-electron chi connectivity index (χ1n) is 8.02. The number of nitrogens with one attached hydrogen (secondary N) is 1. The number of carbonyl (C=O) groups excluding carboxylic acids is 1. The number of hydrogen-bond acceptors (Lipinski definition) is 5. The second-order valence-corrected chi connectivity index (χ2v) is 5.89. The molecule has 1 unspecified atom stereocenters. The van der Waals surface area contributed by atoms with Gasteiger partial charge in [0.15, 0.2) is 0 Å². The lowest BCUT2D eigenvalue weighted by Gasteiger charge is -2.34. The highest BCUT2D eigenvalue weighted by Gasteiger charge is 2.19. The van der Waals surface area contributed by atoms with Crippen LogP contribution in [0.2, 0.25) is 0 Å². The third-order valence-electron chi connectivity index (χ3n) is 4.06. The second-order valence-electron chi connectivity index (χ2n) is 5.89. The molecule has 0 aliphatic carbocycles. The van der Waals surface area contributed by atoms with Gasteiger partial charge >= 0.3 is 0 Å². The van der Waals surface area contributed by atoms with Crippen LogP contribution in [0.3, 0.4) is 0 Å². The summed E-state index contributed by atoms with van der Waals surface area (Å²) in [6.45, 7) is 6.49. The maximum absolute atomic E-state index is 12.0. The van der Waals surface area contributed by atoms with Crippen LogP contribution in [0.15, 0.2) is 18.3 Å². The third-order valence-corrected chi connectivity index (χ3v) is 4.06. The van der Waals surface area contributed by atoms with Crippen molar-refractivity contribution in [1.29, 1.82) is 0 Å². The predicted molar refractivity (Wildman–Crippen MR) is 88.7 cm³/mol. The molecule has 22 heavy (non-hydrogen) atoms. The van der Waals surface area contributed by atoms with Gasteiger partial charge in [0, 0.05) is 44.5 Å². The van der Waals surface area contributed by atoms with E-state index in [2.05, 4.69) is 27.1 Å². The lowest BCUT2D eigenvalue weighted by molar-refractivity contribution is -0.122. The minimum Gasteiger partial charge on any atom is -0.354 e. The largest absolute Gasteiger partial charge is 0.354 e. The van der Waals surface area contributed by atoms with E-state index in [9.17, 15) is 4.79 Å². The molecule has 0 saturated carbocycles. The van der Waals surface area contributed by atoms with Crippen LogP contribution in [-0.2, 0) is 11.3 Å². The van der Waals surface area contributed by atoms with Gasteiger partial charge in [-0.15, -0.1) is 0 Å². The van der Waals surface area contributed by atoms with Crippen molar-refractivity contribution in [3.05, 3.63) is 23.9 Å². The fourth-order valence-corrected chi connectivity index (χ4v) is 2.63. The van der Waals surface area contributed by atoms with Crippen molar-refractivity contribution >= 4 is 11.7 Å². The number of pyridine rings is 1. The molecule has 0 radical (unpaired) electrons. The first-order valence-corrected chi connectivity index (χ1v) is 8.02. The van der Waals surface area contributed by atoms with E-state index < -0.39 is 6.04 Å². The van der Waals surface area contributed by atoms with Crippen LogP contribution in [0.4, 0.5) is 5.82 Å². The zero-order chi connectivity index (χ0) is 15.9. The molecule has 1 aromatic rings. The molecule has 2 heterocycles. The van der Waals surface area contributed by atoms with Gasteiger partial charge in [-0.2, -0.15) is 0 Å². The molecule has 3 N–H and O–H groups in total. The van der Waals surface area contributed by atoms with E-state index in [1.54, 1.807) is 0 Å². The Bertz CT molecular complexity index is 485. The molecular formula is C16H27N5O. The van der Waals surface area contributed by atoms with Gasteiger partial charge in [0.25, 0.3) is 0 Å². The van der Waals surface area contributed by atoms with Crippen molar-refractivity contribution in [3.8, 4) is 0 Å². The average Bonchev–Trinajstić information content (AvgIpc) is 2.54. The van der Waals surface area contributed by atoms with Crippen LogP contribution in [0.5, 0.6) is 0 Å². The smallest absolute Gasteiger partial charge is 0.237 e. The van der Waals surface area contributed by atoms with Crippen LogP contribution in [0.25, 0.3) is 0 Å². The van der Waals surface area contributed by atoms with E-state index in [1.165, 1.54) is 0 Å². The summed E-state index contributed by atoms with van der Waals surface area (Å²) in [5.41, 5.74) is 6.89. The van der Waals surface area contributed by atoms with E-state index >= 15 is 0 Å². The van der Waals surface area contributed by atoms with Crippen LogP contribution in [0, 0.1) is 0 Å². The van der Waals surface area contributed by atoms with Crippen LogP contribution < -0.4 is 16.0 Å². The predicted octanol–water partition coefficient (Wildman–Crippen LogP) is 0.577. The quantitative estimate of drug-likeness (QED) is 0.804. The maximum atomic E-state index is 12.0. The highest BCUT2D eigenvalue weighted by Crippen LogP contribution is 2.18. The summed E-state index contributed by atoms with van der Waals surface area (Å²) in [6.07, 6.45) is 3.43. The van der Waals surface area contributed by atoms with E-state index in [-0.39, 0.29) is 5.91 Å². The Morgan fingerprint density at radius 2 is 2.14 bits per heavy atom. The Kier molecular flexibility index (Phi) is 6.15. The third kappa shape index (κ3) is 4.42. The Morgan fingerprint density at radius 1 is 1.41 bits per heavy atom. The topological polar surface area (TPSA) is 74.5 Å². The summed E-state index contributed by atoms with van der Waals surface area (Å²) in [4.78, 5) is 21.1. The zero-order valence-electron chi connectivity index (χ0n) is 13.6. The number of amides is 1. The van der Waals surface area contributed by atoms with Crippen molar-refractivity contribution in [3.63, 3.8) is 0 Å². The summed E-state index contributed by atoms with van der Waals surface area (Å²) in [5, 5.41) is 2.93. The lowest BCUT2D eigenvalue weighted by Crippen LogP contribution is -2.45. The molecule has 6 heteroatoms. The SMILES string of the molecule is CCCC(N)C(=O)NCc1cccnc1N1CCN(C)CC1. The first kappa shape index (κ1) is 16.7. The van der Waals surface area contributed by atoms with Crippen LogP contribution in [-0.4, -0.2) is 55.1 Å². The van der Waals surface area contributed by atoms with Crippen molar-refractivity contribution in [2.45, 2.75) is 32.4 Å². The maximum Gasteiger partial charge on any atom is 0.237 e. The molecule has 1 aliphatic heterocycles. The second kappa shape index (κ2) is 8.10. The molecule has 1 aliphatic rings. The van der Waals surface area contributed by atoms with Gasteiger partial charge in [0.2, 0.25) is 5.91 Å². The lowest BCUT2D eigenvalue weighted by atomic mass is 10.1. The number of rotatable bonds is 6. The summed E-state index contributed by atoms with van der Waals surface area (Å²) >= 11 is 0. The molecule has 1 fully saturated rings. The van der Waals surface area contributed by atoms with Gasteiger partial charge < -0.3 is 20.9 Å². The van der Waals surface area contributed by atoms with Crippen LogP contribution in [0.1, 0.15) is 25.3 Å². The van der Waals surface area contributed by atoms with Gasteiger partial charge in [0.1, 0.15) is 5.82 Å². The first-order chi connectivity index (χ1) is 10.6. The van der Waals surface area contributed by atoms with Gasteiger partial charge in [-0.05, 0) is 19.5 Å². The molecule has 1 aromatic heterocycles. The van der Waals surface area contributed by atoms with Crippen molar-refractivity contribution in [2.75, 3.05) is 38.1 Å². The number of nitrogens with zero attached hydrogens (tertiary/aromatic N) is 3. The van der Waals surface area contributed by atoms with E-state index in [4.69, 9.17) is 5.73 Å². The molecule has 1 amide bonds. The molecule has 2 rings (SSSR count). The minimum atomic E-state index is -0.422. The Hall–Kier alpha value is -1.66. The number of piperazine rings is 1. The summed E-state index contributed by atoms with van der Waals surface area (Å²) in [5.74, 6) is 0.884. The minimum absolute atomic E-state index is 0.0879. The number of likely N-dealkylation sites (N-methyl/N-ethyl adjacent to an activating group) is 1. The Labute approximate surface area is 132 Å². The molecule has 0 spiro atoms.